The van der Waals surface area contributed by atoms with Crippen LogP contribution in [-0.4, -0.2) is 16.2 Å². The molecule has 2 rings (SSSR count). The van der Waals surface area contributed by atoms with Crippen LogP contribution < -0.4 is 0 Å². The van der Waals surface area contributed by atoms with E-state index in [-0.39, 0.29) is 11.3 Å². The van der Waals surface area contributed by atoms with Gasteiger partial charge in [0.2, 0.25) is 0 Å². The quantitative estimate of drug-likeness (QED) is 0.789. The molecule has 0 unspecified atom stereocenters. The summed E-state index contributed by atoms with van der Waals surface area (Å²) in [5.74, 6) is -1.42. The van der Waals surface area contributed by atoms with E-state index in [1.807, 2.05) is 0 Å². The van der Waals surface area contributed by atoms with Gasteiger partial charge in [0.1, 0.15) is 11.3 Å². The minimum atomic E-state index is -1.16. The van der Waals surface area contributed by atoms with Crippen molar-refractivity contribution in [1.29, 1.82) is 0 Å². The summed E-state index contributed by atoms with van der Waals surface area (Å²) in [6.45, 7) is 0. The van der Waals surface area contributed by atoms with Crippen LogP contribution in [0.25, 0.3) is 10.1 Å². The van der Waals surface area contributed by atoms with Crippen molar-refractivity contribution in [2.75, 3.05) is 0 Å². The van der Waals surface area contributed by atoms with Gasteiger partial charge in [0, 0.05) is 10.1 Å². The Morgan fingerprint density at radius 3 is 2.79 bits per heavy atom. The highest BCUT2D eigenvalue weighted by Gasteiger charge is 2.15. The molecule has 0 saturated heterocycles. The molecular formula is C9H5ClO3S. The molecule has 0 atom stereocenters. The molecule has 0 saturated carbocycles. The summed E-state index contributed by atoms with van der Waals surface area (Å²) < 4.78 is 0.775. The fraction of sp³-hybridized carbons (Fsp3) is 0. The second-order valence-electron chi connectivity index (χ2n) is 2.72. The second kappa shape index (κ2) is 3.15. The van der Waals surface area contributed by atoms with Crippen molar-refractivity contribution >= 4 is 39.0 Å². The minimum Gasteiger partial charge on any atom is -0.506 e. The van der Waals surface area contributed by atoms with Crippen molar-refractivity contribution in [3.8, 4) is 5.75 Å². The Morgan fingerprint density at radius 1 is 1.43 bits per heavy atom. The number of benzene rings is 1. The van der Waals surface area contributed by atoms with Gasteiger partial charge in [-0.3, -0.25) is 0 Å². The molecule has 3 nitrogen and oxygen atoms in total. The molecule has 0 radical (unpaired) electrons. The Morgan fingerprint density at radius 2 is 2.14 bits per heavy atom. The van der Waals surface area contributed by atoms with Crippen LogP contribution in [0.4, 0.5) is 0 Å². The van der Waals surface area contributed by atoms with E-state index in [2.05, 4.69) is 0 Å². The van der Waals surface area contributed by atoms with E-state index >= 15 is 0 Å². The van der Waals surface area contributed by atoms with Crippen LogP contribution in [0.1, 0.15) is 10.4 Å². The summed E-state index contributed by atoms with van der Waals surface area (Å²) >= 11 is 7.18. The highest BCUT2D eigenvalue weighted by Crippen LogP contribution is 2.38. The zero-order valence-electron chi connectivity index (χ0n) is 6.82. The fourth-order valence-corrected chi connectivity index (χ4v) is 2.45. The van der Waals surface area contributed by atoms with Crippen molar-refractivity contribution in [1.82, 2.24) is 0 Å². The zero-order chi connectivity index (χ0) is 10.3. The summed E-state index contributed by atoms with van der Waals surface area (Å²) in [6.07, 6.45) is 0. The molecule has 0 spiro atoms. The Balaban J connectivity index is 2.86. The lowest BCUT2D eigenvalue weighted by Gasteiger charge is -2.00. The maximum Gasteiger partial charge on any atom is 0.339 e. The third-order valence-electron chi connectivity index (χ3n) is 1.90. The number of aromatic hydroxyl groups is 1. The number of carboxylic acids is 1. The van der Waals surface area contributed by atoms with Crippen LogP contribution >= 0.6 is 22.9 Å². The SMILES string of the molecule is O=C(O)c1ccc2scc(Cl)c2c1O. The Kier molecular flexibility index (Phi) is 2.09. The highest BCUT2D eigenvalue weighted by molar-refractivity contribution is 7.17. The first-order valence-electron chi connectivity index (χ1n) is 3.73. The first-order valence-corrected chi connectivity index (χ1v) is 4.99. The van der Waals surface area contributed by atoms with Crippen molar-refractivity contribution in [2.24, 2.45) is 0 Å². The Labute approximate surface area is 88.2 Å². The first-order chi connectivity index (χ1) is 6.61. The molecule has 0 fully saturated rings. The molecule has 2 N–H and O–H groups in total. The predicted molar refractivity (Wildman–Crippen MR) is 55.5 cm³/mol. The fourth-order valence-electron chi connectivity index (χ4n) is 1.25. The van der Waals surface area contributed by atoms with Crippen molar-refractivity contribution in [3.63, 3.8) is 0 Å². The van der Waals surface area contributed by atoms with E-state index in [0.29, 0.717) is 10.4 Å². The Hall–Kier alpha value is -1.26. The smallest absolute Gasteiger partial charge is 0.339 e. The van der Waals surface area contributed by atoms with Crippen LogP contribution in [0.3, 0.4) is 0 Å². The maximum atomic E-state index is 10.7. The van der Waals surface area contributed by atoms with Crippen LogP contribution in [0, 0.1) is 0 Å². The number of aromatic carboxylic acids is 1. The van der Waals surface area contributed by atoms with E-state index in [9.17, 15) is 9.90 Å². The third-order valence-corrected chi connectivity index (χ3v) is 3.27. The first kappa shape index (κ1) is 9.30. The highest BCUT2D eigenvalue weighted by atomic mass is 35.5. The number of phenols is 1. The molecule has 0 aliphatic carbocycles. The van der Waals surface area contributed by atoms with Crippen molar-refractivity contribution in [2.45, 2.75) is 0 Å². The lowest BCUT2D eigenvalue weighted by Crippen LogP contribution is -1.95. The molecule has 72 valence electrons. The molecule has 14 heavy (non-hydrogen) atoms. The second-order valence-corrected chi connectivity index (χ2v) is 4.04. The number of hydrogen-bond acceptors (Lipinski definition) is 3. The summed E-state index contributed by atoms with van der Waals surface area (Å²) in [7, 11) is 0. The average molecular weight is 229 g/mol. The van der Waals surface area contributed by atoms with Crippen LogP contribution in [0.5, 0.6) is 5.75 Å². The molecule has 0 amide bonds. The largest absolute Gasteiger partial charge is 0.506 e. The summed E-state index contributed by atoms with van der Waals surface area (Å²) in [4.78, 5) is 10.7. The van der Waals surface area contributed by atoms with Crippen molar-refractivity contribution < 1.29 is 15.0 Å². The van der Waals surface area contributed by atoms with Crippen LogP contribution in [0.2, 0.25) is 5.02 Å². The number of fused-ring (bicyclic) bond motifs is 1. The summed E-state index contributed by atoms with van der Waals surface area (Å²) in [6, 6.07) is 3.00. The number of thiophene rings is 1. The van der Waals surface area contributed by atoms with Gasteiger partial charge in [0.25, 0.3) is 0 Å². The topological polar surface area (TPSA) is 57.5 Å². The molecule has 0 bridgehead atoms. The third kappa shape index (κ3) is 1.23. The van der Waals surface area contributed by atoms with Crippen LogP contribution in [-0.2, 0) is 0 Å². The normalized spacial score (nSPS) is 10.6. The zero-order valence-corrected chi connectivity index (χ0v) is 8.39. The molecular weight excluding hydrogens is 224 g/mol. The van der Waals surface area contributed by atoms with E-state index < -0.39 is 5.97 Å². The molecule has 2 aromatic rings. The molecule has 1 heterocycles. The van der Waals surface area contributed by atoms with Gasteiger partial charge >= 0.3 is 5.97 Å². The summed E-state index contributed by atoms with van der Waals surface area (Å²) in [5.41, 5.74) is -0.127. The lowest BCUT2D eigenvalue weighted by atomic mass is 10.1. The minimum absolute atomic E-state index is 0.127. The number of carboxylic acid groups (broad SMARTS) is 1. The average Bonchev–Trinajstić information content (AvgIpc) is 2.48. The number of halogens is 1. The standard InChI is InChI=1S/C9H5ClO3S/c10-5-3-14-6-2-1-4(9(12)13)8(11)7(5)6/h1-3,11H,(H,12,13). The number of hydrogen-bond donors (Lipinski definition) is 2. The molecule has 0 aliphatic heterocycles. The maximum absolute atomic E-state index is 10.7. The van der Waals surface area contributed by atoms with E-state index in [0.717, 1.165) is 4.70 Å². The lowest BCUT2D eigenvalue weighted by molar-refractivity contribution is 0.0694. The van der Waals surface area contributed by atoms with Gasteiger partial charge in [-0.2, -0.15) is 0 Å². The molecule has 1 aromatic heterocycles. The van der Waals surface area contributed by atoms with Gasteiger partial charge in [-0.15, -0.1) is 11.3 Å². The van der Waals surface area contributed by atoms with E-state index in [4.69, 9.17) is 16.7 Å². The summed E-state index contributed by atoms with van der Waals surface area (Å²) in [5, 5.41) is 20.8. The van der Waals surface area contributed by atoms with E-state index in [1.54, 1.807) is 11.4 Å². The van der Waals surface area contributed by atoms with Gasteiger partial charge in [-0.05, 0) is 12.1 Å². The predicted octanol–water partition coefficient (Wildman–Crippen LogP) is 2.96. The molecule has 0 aliphatic rings. The van der Waals surface area contributed by atoms with Gasteiger partial charge in [0.05, 0.1) is 10.4 Å². The van der Waals surface area contributed by atoms with Crippen molar-refractivity contribution in [3.05, 3.63) is 28.1 Å². The van der Waals surface area contributed by atoms with Gasteiger partial charge in [0.15, 0.2) is 0 Å². The molecule has 5 heteroatoms. The van der Waals surface area contributed by atoms with Gasteiger partial charge in [-0.1, -0.05) is 11.6 Å². The number of carbonyl (C=O) groups is 1. The Bertz CT molecular complexity index is 518. The van der Waals surface area contributed by atoms with Crippen LogP contribution in [0.15, 0.2) is 17.5 Å². The van der Waals surface area contributed by atoms with Gasteiger partial charge in [-0.25, -0.2) is 4.79 Å². The number of rotatable bonds is 1. The molecule has 1 aromatic carbocycles. The van der Waals surface area contributed by atoms with E-state index in [1.165, 1.54) is 17.4 Å². The van der Waals surface area contributed by atoms with Gasteiger partial charge < -0.3 is 10.2 Å². The monoisotopic (exact) mass is 228 g/mol.